The molecular formula is C10H20N2O2. The second-order valence-electron chi connectivity index (χ2n) is 3.91. The molecule has 14 heavy (non-hydrogen) atoms. The third-order valence-corrected chi connectivity index (χ3v) is 2.36. The van der Waals surface area contributed by atoms with E-state index in [-0.39, 0.29) is 18.1 Å². The largest absolute Gasteiger partial charge is 0.372 e. The average Bonchev–Trinajstić information content (AvgIpc) is 2.12. The molecule has 2 atom stereocenters. The SMILES string of the molecule is CNCCC(=O)N1CC(C)OC(C)C1. The minimum Gasteiger partial charge on any atom is -0.372 e. The van der Waals surface area contributed by atoms with Crippen LogP contribution in [0.2, 0.25) is 0 Å². The van der Waals surface area contributed by atoms with Crippen LogP contribution in [-0.4, -0.2) is 49.7 Å². The molecule has 1 aliphatic heterocycles. The van der Waals surface area contributed by atoms with Crippen LogP contribution in [0.4, 0.5) is 0 Å². The number of carbonyl (C=O) groups is 1. The Morgan fingerprint density at radius 3 is 2.50 bits per heavy atom. The predicted molar refractivity (Wildman–Crippen MR) is 55.1 cm³/mol. The van der Waals surface area contributed by atoms with Crippen LogP contribution >= 0.6 is 0 Å². The Kier molecular flexibility index (Phi) is 4.35. The first-order valence-corrected chi connectivity index (χ1v) is 5.21. The van der Waals surface area contributed by atoms with Crippen LogP contribution in [0, 0.1) is 0 Å². The van der Waals surface area contributed by atoms with Crippen LogP contribution in [0.25, 0.3) is 0 Å². The third kappa shape index (κ3) is 3.27. The van der Waals surface area contributed by atoms with Crippen LogP contribution in [0.5, 0.6) is 0 Å². The summed E-state index contributed by atoms with van der Waals surface area (Å²) in [7, 11) is 1.86. The van der Waals surface area contributed by atoms with Gasteiger partial charge in [-0.3, -0.25) is 4.79 Å². The molecule has 2 unspecified atom stereocenters. The van der Waals surface area contributed by atoms with Crippen molar-refractivity contribution in [2.24, 2.45) is 0 Å². The van der Waals surface area contributed by atoms with Crippen molar-refractivity contribution >= 4 is 5.91 Å². The summed E-state index contributed by atoms with van der Waals surface area (Å²) in [4.78, 5) is 13.6. The fraction of sp³-hybridized carbons (Fsp3) is 0.900. The lowest BCUT2D eigenvalue weighted by Crippen LogP contribution is -2.48. The number of hydrogen-bond donors (Lipinski definition) is 1. The highest BCUT2D eigenvalue weighted by atomic mass is 16.5. The van der Waals surface area contributed by atoms with Gasteiger partial charge < -0.3 is 15.0 Å². The lowest BCUT2D eigenvalue weighted by Gasteiger charge is -2.35. The zero-order valence-electron chi connectivity index (χ0n) is 9.25. The summed E-state index contributed by atoms with van der Waals surface area (Å²) in [5.74, 6) is 0.223. The fourth-order valence-electron chi connectivity index (χ4n) is 1.77. The molecule has 0 aromatic rings. The van der Waals surface area contributed by atoms with Gasteiger partial charge >= 0.3 is 0 Å². The number of morpholine rings is 1. The Labute approximate surface area is 85.6 Å². The summed E-state index contributed by atoms with van der Waals surface area (Å²) in [6.45, 7) is 6.22. The van der Waals surface area contributed by atoms with Crippen molar-refractivity contribution in [3.05, 3.63) is 0 Å². The van der Waals surface area contributed by atoms with Gasteiger partial charge in [0.25, 0.3) is 0 Å². The molecule has 1 fully saturated rings. The van der Waals surface area contributed by atoms with Crippen molar-refractivity contribution in [2.45, 2.75) is 32.5 Å². The molecule has 1 N–H and O–H groups in total. The van der Waals surface area contributed by atoms with E-state index in [2.05, 4.69) is 5.32 Å². The highest BCUT2D eigenvalue weighted by Crippen LogP contribution is 2.11. The van der Waals surface area contributed by atoms with E-state index in [1.807, 2.05) is 25.8 Å². The van der Waals surface area contributed by atoms with Crippen LogP contribution in [-0.2, 0) is 9.53 Å². The van der Waals surface area contributed by atoms with Gasteiger partial charge in [-0.05, 0) is 20.9 Å². The van der Waals surface area contributed by atoms with Crippen molar-refractivity contribution in [2.75, 3.05) is 26.7 Å². The van der Waals surface area contributed by atoms with E-state index in [1.54, 1.807) is 0 Å². The van der Waals surface area contributed by atoms with E-state index in [9.17, 15) is 4.79 Å². The molecule has 1 aliphatic rings. The summed E-state index contributed by atoms with van der Waals surface area (Å²) in [6, 6.07) is 0. The highest BCUT2D eigenvalue weighted by Gasteiger charge is 2.25. The summed E-state index contributed by atoms with van der Waals surface area (Å²) in [5, 5.41) is 2.98. The maximum atomic E-state index is 11.7. The zero-order valence-corrected chi connectivity index (χ0v) is 9.25. The van der Waals surface area contributed by atoms with E-state index in [0.717, 1.165) is 19.6 Å². The summed E-state index contributed by atoms with van der Waals surface area (Å²) in [5.41, 5.74) is 0. The molecule has 0 saturated carbocycles. The lowest BCUT2D eigenvalue weighted by atomic mass is 10.2. The normalized spacial score (nSPS) is 27.8. The number of nitrogens with zero attached hydrogens (tertiary/aromatic N) is 1. The second-order valence-corrected chi connectivity index (χ2v) is 3.91. The highest BCUT2D eigenvalue weighted by molar-refractivity contribution is 5.76. The summed E-state index contributed by atoms with van der Waals surface area (Å²) in [6.07, 6.45) is 0.908. The van der Waals surface area contributed by atoms with Crippen molar-refractivity contribution in [1.82, 2.24) is 10.2 Å². The Bertz CT molecular complexity index is 187. The molecule has 1 amide bonds. The quantitative estimate of drug-likeness (QED) is 0.709. The number of ether oxygens (including phenoxy) is 1. The molecule has 82 valence electrons. The number of amides is 1. The van der Waals surface area contributed by atoms with Crippen molar-refractivity contribution < 1.29 is 9.53 Å². The van der Waals surface area contributed by atoms with Gasteiger partial charge in [0.15, 0.2) is 0 Å². The summed E-state index contributed by atoms with van der Waals surface area (Å²) >= 11 is 0. The van der Waals surface area contributed by atoms with Crippen LogP contribution < -0.4 is 5.32 Å². The molecule has 1 heterocycles. The Morgan fingerprint density at radius 2 is 2.00 bits per heavy atom. The standard InChI is InChI=1S/C10H20N2O2/c1-8-6-12(7-9(2)14-8)10(13)4-5-11-3/h8-9,11H,4-7H2,1-3H3. The fourth-order valence-corrected chi connectivity index (χ4v) is 1.77. The number of hydrogen-bond acceptors (Lipinski definition) is 3. The Hall–Kier alpha value is -0.610. The van der Waals surface area contributed by atoms with Crippen LogP contribution in [0.3, 0.4) is 0 Å². The molecule has 0 aliphatic carbocycles. The molecule has 0 radical (unpaired) electrons. The van der Waals surface area contributed by atoms with Crippen LogP contribution in [0.1, 0.15) is 20.3 Å². The minimum absolute atomic E-state index is 0.164. The molecule has 0 spiro atoms. The minimum atomic E-state index is 0.164. The molecular weight excluding hydrogens is 180 g/mol. The van der Waals surface area contributed by atoms with Gasteiger partial charge in [0.2, 0.25) is 5.91 Å². The molecule has 0 aromatic carbocycles. The van der Waals surface area contributed by atoms with Gasteiger partial charge in [0.1, 0.15) is 0 Å². The van der Waals surface area contributed by atoms with E-state index in [4.69, 9.17) is 4.74 Å². The van der Waals surface area contributed by atoms with Gasteiger partial charge in [0.05, 0.1) is 12.2 Å². The molecule has 0 bridgehead atoms. The number of nitrogens with one attached hydrogen (secondary N) is 1. The van der Waals surface area contributed by atoms with Gasteiger partial charge in [-0.15, -0.1) is 0 Å². The van der Waals surface area contributed by atoms with E-state index >= 15 is 0 Å². The number of rotatable bonds is 3. The first-order chi connectivity index (χ1) is 6.63. The first kappa shape index (κ1) is 11.5. The smallest absolute Gasteiger partial charge is 0.224 e. The Morgan fingerprint density at radius 1 is 1.43 bits per heavy atom. The van der Waals surface area contributed by atoms with Crippen molar-refractivity contribution in [3.63, 3.8) is 0 Å². The zero-order chi connectivity index (χ0) is 10.6. The van der Waals surface area contributed by atoms with Gasteiger partial charge in [-0.1, -0.05) is 0 Å². The maximum absolute atomic E-state index is 11.7. The summed E-state index contributed by atoms with van der Waals surface area (Å²) < 4.78 is 5.56. The van der Waals surface area contributed by atoms with E-state index in [1.165, 1.54) is 0 Å². The second kappa shape index (κ2) is 5.32. The average molecular weight is 200 g/mol. The lowest BCUT2D eigenvalue weighted by molar-refractivity contribution is -0.143. The van der Waals surface area contributed by atoms with Crippen molar-refractivity contribution in [1.29, 1.82) is 0 Å². The monoisotopic (exact) mass is 200 g/mol. The van der Waals surface area contributed by atoms with E-state index < -0.39 is 0 Å². The molecule has 1 rings (SSSR count). The topological polar surface area (TPSA) is 41.6 Å². The third-order valence-electron chi connectivity index (χ3n) is 2.36. The van der Waals surface area contributed by atoms with Crippen LogP contribution in [0.15, 0.2) is 0 Å². The van der Waals surface area contributed by atoms with E-state index in [0.29, 0.717) is 6.42 Å². The molecule has 4 nitrogen and oxygen atoms in total. The molecule has 1 saturated heterocycles. The van der Waals surface area contributed by atoms with Gasteiger partial charge in [0, 0.05) is 26.1 Å². The first-order valence-electron chi connectivity index (χ1n) is 5.21. The Balaban J connectivity index is 2.38. The number of carbonyl (C=O) groups excluding carboxylic acids is 1. The molecule has 0 aromatic heterocycles. The van der Waals surface area contributed by atoms with Crippen molar-refractivity contribution in [3.8, 4) is 0 Å². The molecule has 4 heteroatoms. The van der Waals surface area contributed by atoms with Gasteiger partial charge in [-0.2, -0.15) is 0 Å². The van der Waals surface area contributed by atoms with Gasteiger partial charge in [-0.25, -0.2) is 0 Å². The maximum Gasteiger partial charge on any atom is 0.224 e. The predicted octanol–water partition coefficient (Wildman–Crippen LogP) is 0.232.